The first kappa shape index (κ1) is 17.0. The van der Waals surface area contributed by atoms with Crippen molar-refractivity contribution in [3.8, 4) is 11.5 Å². The van der Waals surface area contributed by atoms with Crippen molar-refractivity contribution in [2.45, 2.75) is 6.54 Å². The minimum atomic E-state index is -0.345. The predicted octanol–water partition coefficient (Wildman–Crippen LogP) is 3.67. The second-order valence-corrected chi connectivity index (χ2v) is 5.31. The van der Waals surface area contributed by atoms with Crippen molar-refractivity contribution < 1.29 is 13.9 Å². The number of methoxy groups -OCH3 is 2. The second kappa shape index (κ2) is 7.78. The fraction of sp³-hybridized carbons (Fsp3) is 0.235. The molecular formula is C17H19FN2O2S. The number of hydrogen-bond donors (Lipinski definition) is 1. The van der Waals surface area contributed by atoms with Crippen molar-refractivity contribution >= 4 is 23.0 Å². The zero-order valence-corrected chi connectivity index (χ0v) is 14.1. The number of benzene rings is 2. The zero-order chi connectivity index (χ0) is 16.8. The molecule has 0 radical (unpaired) electrons. The molecule has 0 spiro atoms. The first-order chi connectivity index (χ1) is 11.1. The molecule has 122 valence electrons. The summed E-state index contributed by atoms with van der Waals surface area (Å²) in [6.07, 6.45) is 0. The Morgan fingerprint density at radius 3 is 2.52 bits per heavy atom. The van der Waals surface area contributed by atoms with E-state index in [0.717, 1.165) is 5.56 Å². The molecule has 2 aromatic carbocycles. The first-order valence-corrected chi connectivity index (χ1v) is 7.44. The summed E-state index contributed by atoms with van der Waals surface area (Å²) < 4.78 is 24.4. The maximum Gasteiger partial charge on any atom is 0.173 e. The molecule has 2 rings (SSSR count). The lowest BCUT2D eigenvalue weighted by Gasteiger charge is -2.23. The van der Waals surface area contributed by atoms with Crippen molar-refractivity contribution in [2.24, 2.45) is 0 Å². The molecule has 2 aromatic rings. The average molecular weight is 334 g/mol. The molecule has 0 bridgehead atoms. The Morgan fingerprint density at radius 2 is 1.87 bits per heavy atom. The van der Waals surface area contributed by atoms with Crippen molar-refractivity contribution in [2.75, 3.05) is 26.6 Å². The third kappa shape index (κ3) is 4.10. The summed E-state index contributed by atoms with van der Waals surface area (Å²) in [4.78, 5) is 1.80. The second-order valence-electron chi connectivity index (χ2n) is 4.92. The van der Waals surface area contributed by atoms with E-state index in [9.17, 15) is 4.39 Å². The van der Waals surface area contributed by atoms with E-state index in [4.69, 9.17) is 21.7 Å². The van der Waals surface area contributed by atoms with Gasteiger partial charge in [-0.3, -0.25) is 0 Å². The molecule has 0 saturated carbocycles. The minimum absolute atomic E-state index is 0.345. The molecule has 23 heavy (non-hydrogen) atoms. The lowest BCUT2D eigenvalue weighted by molar-refractivity contribution is 0.347. The molecule has 0 atom stereocenters. The Balaban J connectivity index is 2.11. The number of thiocarbonyl (C=S) groups is 1. The fourth-order valence-electron chi connectivity index (χ4n) is 2.18. The van der Waals surface area contributed by atoms with E-state index < -0.39 is 0 Å². The molecule has 0 unspecified atom stereocenters. The van der Waals surface area contributed by atoms with Crippen molar-refractivity contribution in [3.05, 3.63) is 53.8 Å². The van der Waals surface area contributed by atoms with E-state index in [1.165, 1.54) is 6.07 Å². The van der Waals surface area contributed by atoms with Crippen LogP contribution in [0.3, 0.4) is 0 Å². The lowest BCUT2D eigenvalue weighted by Crippen LogP contribution is -2.31. The van der Waals surface area contributed by atoms with Gasteiger partial charge >= 0.3 is 0 Å². The van der Waals surface area contributed by atoms with Crippen molar-refractivity contribution in [1.82, 2.24) is 4.90 Å². The van der Waals surface area contributed by atoms with E-state index in [-0.39, 0.29) is 5.82 Å². The van der Waals surface area contributed by atoms with Crippen molar-refractivity contribution in [1.29, 1.82) is 0 Å². The maximum absolute atomic E-state index is 13.7. The van der Waals surface area contributed by atoms with Gasteiger partial charge in [0.15, 0.2) is 16.6 Å². The van der Waals surface area contributed by atoms with Crippen LogP contribution < -0.4 is 14.8 Å². The third-order valence-electron chi connectivity index (χ3n) is 3.35. The summed E-state index contributed by atoms with van der Waals surface area (Å²) in [5, 5.41) is 3.32. The largest absolute Gasteiger partial charge is 0.493 e. The van der Waals surface area contributed by atoms with Gasteiger partial charge < -0.3 is 19.7 Å². The quantitative estimate of drug-likeness (QED) is 0.844. The van der Waals surface area contributed by atoms with Crippen LogP contribution in [0.4, 0.5) is 10.1 Å². The summed E-state index contributed by atoms with van der Waals surface area (Å²) in [5.41, 5.74) is 1.27. The van der Waals surface area contributed by atoms with E-state index in [2.05, 4.69) is 5.32 Å². The van der Waals surface area contributed by atoms with E-state index in [1.807, 2.05) is 25.2 Å². The predicted molar refractivity (Wildman–Crippen MR) is 93.6 cm³/mol. The van der Waals surface area contributed by atoms with Gasteiger partial charge in [-0.05, 0) is 30.4 Å². The summed E-state index contributed by atoms with van der Waals surface area (Å²) in [6, 6.07) is 12.1. The highest BCUT2D eigenvalue weighted by molar-refractivity contribution is 7.80. The van der Waals surface area contributed by atoms with Crippen LogP contribution in [-0.4, -0.2) is 31.3 Å². The molecule has 0 fully saturated rings. The van der Waals surface area contributed by atoms with Crippen LogP contribution in [0.5, 0.6) is 11.5 Å². The molecular weight excluding hydrogens is 315 g/mol. The Labute approximate surface area is 140 Å². The highest BCUT2D eigenvalue weighted by Crippen LogP contribution is 2.31. The van der Waals surface area contributed by atoms with E-state index in [0.29, 0.717) is 28.8 Å². The maximum atomic E-state index is 13.7. The van der Waals surface area contributed by atoms with Gasteiger partial charge in [-0.25, -0.2) is 4.39 Å². The van der Waals surface area contributed by atoms with Gasteiger partial charge in [0, 0.05) is 19.2 Å². The first-order valence-electron chi connectivity index (χ1n) is 7.03. The average Bonchev–Trinajstić information content (AvgIpc) is 2.56. The highest BCUT2D eigenvalue weighted by atomic mass is 32.1. The van der Waals surface area contributed by atoms with Gasteiger partial charge in [-0.15, -0.1) is 0 Å². The SMILES string of the molecule is COc1cccc(CN(C)C(=S)Nc2ccccc2F)c1OC. The van der Waals surface area contributed by atoms with Gasteiger partial charge in [0.25, 0.3) is 0 Å². The van der Waals surface area contributed by atoms with Gasteiger partial charge in [0.05, 0.1) is 19.9 Å². The molecule has 0 aliphatic rings. The Morgan fingerprint density at radius 1 is 1.13 bits per heavy atom. The number of para-hydroxylation sites is 2. The van der Waals surface area contributed by atoms with Crippen LogP contribution in [0, 0.1) is 5.82 Å². The number of halogens is 1. The molecule has 1 N–H and O–H groups in total. The van der Waals surface area contributed by atoms with Crippen LogP contribution in [-0.2, 0) is 6.54 Å². The molecule has 0 aliphatic carbocycles. The molecule has 0 aliphatic heterocycles. The number of nitrogens with zero attached hydrogens (tertiary/aromatic N) is 1. The van der Waals surface area contributed by atoms with Crippen LogP contribution >= 0.6 is 12.2 Å². The Bertz CT molecular complexity index is 694. The molecule has 6 heteroatoms. The van der Waals surface area contributed by atoms with E-state index >= 15 is 0 Å². The highest BCUT2D eigenvalue weighted by Gasteiger charge is 2.13. The van der Waals surface area contributed by atoms with Gasteiger partial charge in [0.1, 0.15) is 5.82 Å². The smallest absolute Gasteiger partial charge is 0.173 e. The Kier molecular flexibility index (Phi) is 5.76. The normalized spacial score (nSPS) is 10.1. The monoisotopic (exact) mass is 334 g/mol. The summed E-state index contributed by atoms with van der Waals surface area (Å²) in [5.74, 6) is 0.976. The Hall–Kier alpha value is -2.34. The summed E-state index contributed by atoms with van der Waals surface area (Å²) in [7, 11) is 5.02. The number of ether oxygens (including phenoxy) is 2. The van der Waals surface area contributed by atoms with Gasteiger partial charge in [-0.2, -0.15) is 0 Å². The van der Waals surface area contributed by atoms with Gasteiger partial charge in [-0.1, -0.05) is 24.3 Å². The molecule has 4 nitrogen and oxygen atoms in total. The van der Waals surface area contributed by atoms with Crippen molar-refractivity contribution in [3.63, 3.8) is 0 Å². The minimum Gasteiger partial charge on any atom is -0.493 e. The number of nitrogens with one attached hydrogen (secondary N) is 1. The van der Waals surface area contributed by atoms with Gasteiger partial charge in [0.2, 0.25) is 0 Å². The summed E-state index contributed by atoms with van der Waals surface area (Å²) >= 11 is 5.33. The third-order valence-corrected chi connectivity index (χ3v) is 3.77. The zero-order valence-electron chi connectivity index (χ0n) is 13.3. The standard InChI is InChI=1S/C17H19FN2O2S/c1-20(17(23)19-14-9-5-4-8-13(14)18)11-12-7-6-10-15(21-2)16(12)22-3/h4-10H,11H2,1-3H3,(H,19,23). The van der Waals surface area contributed by atoms with Crippen LogP contribution in [0.15, 0.2) is 42.5 Å². The van der Waals surface area contributed by atoms with E-state index in [1.54, 1.807) is 37.3 Å². The fourth-order valence-corrected chi connectivity index (χ4v) is 2.35. The number of anilines is 1. The number of hydrogen-bond acceptors (Lipinski definition) is 3. The number of rotatable bonds is 5. The van der Waals surface area contributed by atoms with Crippen LogP contribution in [0.2, 0.25) is 0 Å². The topological polar surface area (TPSA) is 33.7 Å². The van der Waals surface area contributed by atoms with Crippen LogP contribution in [0.25, 0.3) is 0 Å². The summed E-state index contributed by atoms with van der Waals surface area (Å²) in [6.45, 7) is 0.501. The molecule has 0 heterocycles. The molecule has 0 amide bonds. The molecule has 0 saturated heterocycles. The lowest BCUT2D eigenvalue weighted by atomic mass is 10.1. The van der Waals surface area contributed by atoms with Crippen LogP contribution in [0.1, 0.15) is 5.56 Å². The molecule has 0 aromatic heterocycles.